The molecule has 0 aromatic carbocycles. The molecular weight excluding hydrogens is 114 g/mol. The fraction of sp³-hybridized carbons (Fsp3) is 1.00. The Morgan fingerprint density at radius 2 is 2.22 bits per heavy atom. The van der Waals surface area contributed by atoms with Crippen LogP contribution in [0.1, 0.15) is 13.3 Å². The lowest BCUT2D eigenvalue weighted by Gasteiger charge is -2.28. The molecule has 2 nitrogen and oxygen atoms in total. The first-order valence-electron chi connectivity index (χ1n) is 3.61. The van der Waals surface area contributed by atoms with E-state index in [2.05, 4.69) is 21.0 Å². The highest BCUT2D eigenvalue weighted by Crippen LogP contribution is 2.17. The zero-order valence-electron chi connectivity index (χ0n) is 6.55. The minimum Gasteiger partial charge on any atom is -0.323 e. The monoisotopic (exact) mass is 130 g/mol. The van der Waals surface area contributed by atoms with E-state index in [-0.39, 0.29) is 0 Å². The van der Waals surface area contributed by atoms with Crippen LogP contribution in [0.15, 0.2) is 0 Å². The van der Waals surface area contributed by atoms with E-state index in [0.29, 0.717) is 6.23 Å². The van der Waals surface area contributed by atoms with Gasteiger partial charge in [-0.15, -0.1) is 0 Å². The molecule has 1 unspecified atom stereocenters. The van der Waals surface area contributed by atoms with E-state index < -0.39 is 0 Å². The summed E-state index contributed by atoms with van der Waals surface area (Å²) < 4.78 is 6.53. The minimum atomic E-state index is 0.449. The van der Waals surface area contributed by atoms with Gasteiger partial charge in [-0.05, 0) is 0 Å². The van der Waals surface area contributed by atoms with Gasteiger partial charge >= 0.3 is 0 Å². The highest BCUT2D eigenvalue weighted by Gasteiger charge is 2.32. The Hall–Kier alpha value is -0.0800. The Kier molecular flexibility index (Phi) is 1.78. The summed E-state index contributed by atoms with van der Waals surface area (Å²) in [6, 6.07) is 0. The lowest BCUT2D eigenvalue weighted by atomic mass is 10.3. The molecule has 1 heterocycles. The predicted molar refractivity (Wildman–Crippen MR) is 37.0 cm³/mol. The molecule has 1 aliphatic rings. The van der Waals surface area contributed by atoms with E-state index in [1.165, 1.54) is 6.54 Å². The van der Waals surface area contributed by atoms with Crippen molar-refractivity contribution in [2.24, 2.45) is 0 Å². The minimum absolute atomic E-state index is 0.449. The number of rotatable bonds is 1. The van der Waals surface area contributed by atoms with Gasteiger partial charge in [0, 0.05) is 6.42 Å². The summed E-state index contributed by atoms with van der Waals surface area (Å²) in [6.45, 7) is 4.28. The number of likely N-dealkylation sites (N-methyl/N-ethyl adjacent to an activating group) is 1. The second kappa shape index (κ2) is 2.27. The smallest absolute Gasteiger partial charge is 0.192 e. The molecule has 0 spiro atoms. The van der Waals surface area contributed by atoms with Gasteiger partial charge in [-0.2, -0.15) is 0 Å². The van der Waals surface area contributed by atoms with E-state index in [1.807, 2.05) is 0 Å². The van der Waals surface area contributed by atoms with Gasteiger partial charge in [0.2, 0.25) is 0 Å². The van der Waals surface area contributed by atoms with Crippen LogP contribution in [-0.4, -0.2) is 38.0 Å². The summed E-state index contributed by atoms with van der Waals surface area (Å²) in [5.41, 5.74) is 0. The topological polar surface area (TPSA) is 9.23 Å². The summed E-state index contributed by atoms with van der Waals surface area (Å²) >= 11 is 0. The molecule has 0 aromatic heterocycles. The Balaban J connectivity index is 2.52. The van der Waals surface area contributed by atoms with Crippen LogP contribution in [0.3, 0.4) is 0 Å². The molecule has 1 rings (SSSR count). The van der Waals surface area contributed by atoms with E-state index >= 15 is 0 Å². The summed E-state index contributed by atoms with van der Waals surface area (Å²) in [4.78, 5) is 0. The molecule has 1 atom stereocenters. The van der Waals surface area contributed by atoms with E-state index in [9.17, 15) is 0 Å². The van der Waals surface area contributed by atoms with Gasteiger partial charge in [-0.25, -0.2) is 0 Å². The highest BCUT2D eigenvalue weighted by molar-refractivity contribution is 4.49. The first-order valence-corrected chi connectivity index (χ1v) is 3.61. The fourth-order valence-electron chi connectivity index (χ4n) is 1.38. The molecule has 2 heteroatoms. The van der Waals surface area contributed by atoms with Crippen molar-refractivity contribution >= 4 is 0 Å². The van der Waals surface area contributed by atoms with Crippen LogP contribution in [0.4, 0.5) is 0 Å². The number of quaternary nitrogens is 1. The third-order valence-corrected chi connectivity index (χ3v) is 2.11. The molecule has 0 aliphatic carbocycles. The van der Waals surface area contributed by atoms with Crippen molar-refractivity contribution in [3.8, 4) is 0 Å². The SMILES string of the molecule is CCC1OCC[N+]1(C)C. The standard InChI is InChI=1S/C7H16NO/c1-4-7-8(2,3)5-6-9-7/h7H,4-6H2,1-3H3/q+1. The van der Waals surface area contributed by atoms with Crippen LogP contribution < -0.4 is 0 Å². The van der Waals surface area contributed by atoms with E-state index in [0.717, 1.165) is 17.5 Å². The molecule has 0 radical (unpaired) electrons. The van der Waals surface area contributed by atoms with Crippen LogP contribution in [0.25, 0.3) is 0 Å². The maximum absolute atomic E-state index is 5.49. The molecule has 54 valence electrons. The number of nitrogens with zero attached hydrogens (tertiary/aromatic N) is 1. The zero-order chi connectivity index (χ0) is 6.91. The molecule has 0 N–H and O–H groups in total. The van der Waals surface area contributed by atoms with Gasteiger partial charge in [0.1, 0.15) is 13.2 Å². The van der Waals surface area contributed by atoms with Gasteiger partial charge in [-0.1, -0.05) is 6.92 Å². The molecule has 1 saturated heterocycles. The fourth-order valence-corrected chi connectivity index (χ4v) is 1.38. The van der Waals surface area contributed by atoms with Crippen molar-refractivity contribution in [2.45, 2.75) is 19.6 Å². The summed E-state index contributed by atoms with van der Waals surface area (Å²) in [5.74, 6) is 0. The van der Waals surface area contributed by atoms with Crippen molar-refractivity contribution in [1.29, 1.82) is 0 Å². The largest absolute Gasteiger partial charge is 0.323 e. The van der Waals surface area contributed by atoms with Crippen LogP contribution in [-0.2, 0) is 4.74 Å². The van der Waals surface area contributed by atoms with Crippen molar-refractivity contribution in [3.05, 3.63) is 0 Å². The van der Waals surface area contributed by atoms with Crippen molar-refractivity contribution in [1.82, 2.24) is 0 Å². The van der Waals surface area contributed by atoms with Crippen molar-refractivity contribution < 1.29 is 9.22 Å². The van der Waals surface area contributed by atoms with Gasteiger partial charge in [0.05, 0.1) is 14.1 Å². The Bertz CT molecular complexity index is 101. The zero-order valence-corrected chi connectivity index (χ0v) is 6.55. The third-order valence-electron chi connectivity index (χ3n) is 2.11. The normalized spacial score (nSPS) is 33.0. The number of hydrogen-bond acceptors (Lipinski definition) is 1. The molecular formula is C7H16NO+. The molecule has 9 heavy (non-hydrogen) atoms. The van der Waals surface area contributed by atoms with Crippen molar-refractivity contribution in [2.75, 3.05) is 27.2 Å². The van der Waals surface area contributed by atoms with Crippen LogP contribution in [0.5, 0.6) is 0 Å². The second-order valence-corrected chi connectivity index (χ2v) is 3.24. The Morgan fingerprint density at radius 3 is 2.44 bits per heavy atom. The van der Waals surface area contributed by atoms with Crippen molar-refractivity contribution in [3.63, 3.8) is 0 Å². The number of hydrogen-bond donors (Lipinski definition) is 0. The quantitative estimate of drug-likeness (QED) is 0.478. The summed E-state index contributed by atoms with van der Waals surface area (Å²) in [7, 11) is 4.45. The third kappa shape index (κ3) is 1.25. The van der Waals surface area contributed by atoms with Gasteiger partial charge in [-0.3, -0.25) is 0 Å². The van der Waals surface area contributed by atoms with Gasteiger partial charge in [0.25, 0.3) is 0 Å². The second-order valence-electron chi connectivity index (χ2n) is 3.24. The molecule has 0 saturated carbocycles. The predicted octanol–water partition coefficient (Wildman–Crippen LogP) is 0.829. The average molecular weight is 130 g/mol. The molecule has 1 aliphatic heterocycles. The molecule has 0 aromatic rings. The van der Waals surface area contributed by atoms with Gasteiger partial charge in [0.15, 0.2) is 6.23 Å². The average Bonchev–Trinajstić information content (AvgIpc) is 2.08. The maximum Gasteiger partial charge on any atom is 0.192 e. The molecule has 0 amide bonds. The lowest BCUT2D eigenvalue weighted by Crippen LogP contribution is -2.44. The first-order chi connectivity index (χ1) is 4.17. The lowest BCUT2D eigenvalue weighted by molar-refractivity contribution is -0.914. The number of ether oxygens (including phenoxy) is 1. The molecule has 1 fully saturated rings. The van der Waals surface area contributed by atoms with E-state index in [4.69, 9.17) is 4.74 Å². The first kappa shape index (κ1) is 7.03. The maximum atomic E-state index is 5.49. The summed E-state index contributed by atoms with van der Waals surface area (Å²) in [6.07, 6.45) is 1.58. The highest BCUT2D eigenvalue weighted by atomic mass is 16.5. The van der Waals surface area contributed by atoms with Crippen LogP contribution in [0, 0.1) is 0 Å². The van der Waals surface area contributed by atoms with Crippen LogP contribution >= 0.6 is 0 Å². The van der Waals surface area contributed by atoms with Gasteiger partial charge < -0.3 is 9.22 Å². The molecule has 0 bridgehead atoms. The Morgan fingerprint density at radius 1 is 1.56 bits per heavy atom. The van der Waals surface area contributed by atoms with Crippen LogP contribution in [0.2, 0.25) is 0 Å². The Labute approximate surface area is 57.0 Å². The van der Waals surface area contributed by atoms with E-state index in [1.54, 1.807) is 0 Å². The summed E-state index contributed by atoms with van der Waals surface area (Å²) in [5, 5.41) is 0.